The van der Waals surface area contributed by atoms with Gasteiger partial charge in [-0.3, -0.25) is 4.98 Å². The molecule has 0 aliphatic rings. The Balaban J connectivity index is 2.69. The predicted octanol–water partition coefficient (Wildman–Crippen LogP) is 3.55. The zero-order valence-corrected chi connectivity index (χ0v) is 11.8. The van der Waals surface area contributed by atoms with E-state index in [0.717, 1.165) is 5.69 Å². The van der Waals surface area contributed by atoms with E-state index in [4.69, 9.17) is 27.9 Å². The third-order valence-electron chi connectivity index (χ3n) is 2.56. The second-order valence-corrected chi connectivity index (χ2v) is 4.64. The Labute approximate surface area is 120 Å². The summed E-state index contributed by atoms with van der Waals surface area (Å²) < 4.78 is 4.74. The summed E-state index contributed by atoms with van der Waals surface area (Å²) >= 11 is 12.0. The standard InChI is InChI=1S/C13H10Cl2N2O2/c1-7-3-8(10(5-16-7)13(18)19-2)9-4-12(15)17-6-11(9)14/h3-6H,1-2H3. The molecular formula is C13H10Cl2N2O2. The van der Waals surface area contributed by atoms with Gasteiger partial charge in [0, 0.05) is 29.2 Å². The third-order valence-corrected chi connectivity index (χ3v) is 3.07. The minimum atomic E-state index is -0.480. The van der Waals surface area contributed by atoms with Crippen molar-refractivity contribution in [2.75, 3.05) is 7.11 Å². The zero-order valence-electron chi connectivity index (χ0n) is 10.3. The highest BCUT2D eigenvalue weighted by molar-refractivity contribution is 6.34. The molecule has 0 aliphatic heterocycles. The van der Waals surface area contributed by atoms with E-state index in [9.17, 15) is 4.79 Å². The third kappa shape index (κ3) is 2.85. The molecule has 6 heteroatoms. The highest BCUT2D eigenvalue weighted by atomic mass is 35.5. The molecule has 0 aromatic carbocycles. The lowest BCUT2D eigenvalue weighted by molar-refractivity contribution is 0.0601. The number of aryl methyl sites for hydroxylation is 1. The number of ether oxygens (including phenoxy) is 1. The van der Waals surface area contributed by atoms with Gasteiger partial charge in [-0.15, -0.1) is 0 Å². The quantitative estimate of drug-likeness (QED) is 0.628. The average Bonchev–Trinajstić information content (AvgIpc) is 2.40. The predicted molar refractivity (Wildman–Crippen MR) is 73.6 cm³/mol. The van der Waals surface area contributed by atoms with Crippen molar-refractivity contribution in [1.82, 2.24) is 9.97 Å². The van der Waals surface area contributed by atoms with Crippen molar-refractivity contribution in [2.45, 2.75) is 6.92 Å². The molecule has 0 radical (unpaired) electrons. The van der Waals surface area contributed by atoms with Crippen molar-refractivity contribution >= 4 is 29.2 Å². The normalized spacial score (nSPS) is 10.3. The second-order valence-electron chi connectivity index (χ2n) is 3.85. The van der Waals surface area contributed by atoms with Gasteiger partial charge >= 0.3 is 5.97 Å². The first kappa shape index (κ1) is 13.8. The van der Waals surface area contributed by atoms with Crippen LogP contribution in [0.3, 0.4) is 0 Å². The molecule has 2 heterocycles. The first-order chi connectivity index (χ1) is 9.02. The fraction of sp³-hybridized carbons (Fsp3) is 0.154. The number of carbonyl (C=O) groups is 1. The van der Waals surface area contributed by atoms with Gasteiger partial charge < -0.3 is 4.74 Å². The van der Waals surface area contributed by atoms with Crippen molar-refractivity contribution in [1.29, 1.82) is 0 Å². The van der Waals surface area contributed by atoms with Crippen LogP contribution in [0.25, 0.3) is 11.1 Å². The number of hydrogen-bond acceptors (Lipinski definition) is 4. The SMILES string of the molecule is COC(=O)c1cnc(C)cc1-c1cc(Cl)ncc1Cl. The van der Waals surface area contributed by atoms with E-state index >= 15 is 0 Å². The summed E-state index contributed by atoms with van der Waals surface area (Å²) in [5.74, 6) is -0.480. The summed E-state index contributed by atoms with van der Waals surface area (Å²) in [5, 5.41) is 0.699. The summed E-state index contributed by atoms with van der Waals surface area (Å²) in [6.07, 6.45) is 2.90. The van der Waals surface area contributed by atoms with Crippen LogP contribution in [0.15, 0.2) is 24.5 Å². The Bertz CT molecular complexity index is 645. The Morgan fingerprint density at radius 1 is 1.16 bits per heavy atom. The summed E-state index contributed by atoms with van der Waals surface area (Å²) in [6, 6.07) is 3.36. The number of halogens is 2. The van der Waals surface area contributed by atoms with Gasteiger partial charge in [-0.25, -0.2) is 9.78 Å². The van der Waals surface area contributed by atoms with Crippen LogP contribution in [0.5, 0.6) is 0 Å². The molecule has 0 aliphatic carbocycles. The van der Waals surface area contributed by atoms with E-state index < -0.39 is 5.97 Å². The number of rotatable bonds is 2. The summed E-state index contributed by atoms with van der Waals surface area (Å²) in [4.78, 5) is 19.7. The molecule has 2 aromatic heterocycles. The van der Waals surface area contributed by atoms with Crippen molar-refractivity contribution in [3.05, 3.63) is 46.0 Å². The summed E-state index contributed by atoms with van der Waals surface area (Å²) in [7, 11) is 1.31. The molecule has 4 nitrogen and oxygen atoms in total. The maximum absolute atomic E-state index is 11.8. The Morgan fingerprint density at radius 2 is 1.89 bits per heavy atom. The number of carbonyl (C=O) groups excluding carboxylic acids is 1. The molecular weight excluding hydrogens is 287 g/mol. The van der Waals surface area contributed by atoms with Crippen LogP contribution < -0.4 is 0 Å². The number of esters is 1. The van der Waals surface area contributed by atoms with Gasteiger partial charge in [0.2, 0.25) is 0 Å². The van der Waals surface area contributed by atoms with E-state index in [2.05, 4.69) is 9.97 Å². The van der Waals surface area contributed by atoms with Crippen LogP contribution in [0, 0.1) is 6.92 Å². The van der Waals surface area contributed by atoms with Gasteiger partial charge in [-0.2, -0.15) is 0 Å². The van der Waals surface area contributed by atoms with Crippen molar-refractivity contribution in [3.8, 4) is 11.1 Å². The fourth-order valence-electron chi connectivity index (χ4n) is 1.67. The summed E-state index contributed by atoms with van der Waals surface area (Å²) in [5.41, 5.74) is 2.32. The van der Waals surface area contributed by atoms with Crippen molar-refractivity contribution in [3.63, 3.8) is 0 Å². The number of hydrogen-bond donors (Lipinski definition) is 0. The Kier molecular flexibility index (Phi) is 4.02. The maximum Gasteiger partial charge on any atom is 0.340 e. The molecule has 19 heavy (non-hydrogen) atoms. The Hall–Kier alpha value is -1.65. The van der Waals surface area contributed by atoms with Crippen LogP contribution in [0.2, 0.25) is 10.2 Å². The molecule has 0 atom stereocenters. The summed E-state index contributed by atoms with van der Waals surface area (Å²) in [6.45, 7) is 1.82. The average molecular weight is 297 g/mol. The number of methoxy groups -OCH3 is 1. The number of aromatic nitrogens is 2. The molecule has 0 saturated heterocycles. The van der Waals surface area contributed by atoms with Gasteiger partial charge in [0.1, 0.15) is 5.15 Å². The molecule has 98 valence electrons. The number of nitrogens with zero attached hydrogens (tertiary/aromatic N) is 2. The smallest absolute Gasteiger partial charge is 0.340 e. The van der Waals surface area contributed by atoms with E-state index in [-0.39, 0.29) is 0 Å². The van der Waals surface area contributed by atoms with Gasteiger partial charge in [0.25, 0.3) is 0 Å². The van der Waals surface area contributed by atoms with Gasteiger partial charge in [-0.1, -0.05) is 23.2 Å². The number of pyridine rings is 2. The highest BCUT2D eigenvalue weighted by Crippen LogP contribution is 2.32. The van der Waals surface area contributed by atoms with Crippen molar-refractivity contribution < 1.29 is 9.53 Å². The van der Waals surface area contributed by atoms with Gasteiger partial charge in [-0.05, 0) is 19.1 Å². The van der Waals surface area contributed by atoms with Gasteiger partial charge in [0.05, 0.1) is 17.7 Å². The second kappa shape index (κ2) is 5.55. The Morgan fingerprint density at radius 3 is 2.58 bits per heavy atom. The van der Waals surface area contributed by atoms with Crippen LogP contribution in [0.1, 0.15) is 16.1 Å². The molecule has 0 saturated carbocycles. The minimum absolute atomic E-state index is 0.296. The van der Waals surface area contributed by atoms with Crippen LogP contribution in [0.4, 0.5) is 0 Å². The minimum Gasteiger partial charge on any atom is -0.465 e. The monoisotopic (exact) mass is 296 g/mol. The lowest BCUT2D eigenvalue weighted by atomic mass is 10.0. The van der Waals surface area contributed by atoms with Crippen LogP contribution >= 0.6 is 23.2 Å². The lowest BCUT2D eigenvalue weighted by Crippen LogP contribution is -2.05. The van der Waals surface area contributed by atoms with Crippen LogP contribution in [-0.2, 0) is 4.74 Å². The van der Waals surface area contributed by atoms with Crippen molar-refractivity contribution in [2.24, 2.45) is 0 Å². The molecule has 0 N–H and O–H groups in total. The first-order valence-corrected chi connectivity index (χ1v) is 6.15. The topological polar surface area (TPSA) is 52.1 Å². The van der Waals surface area contributed by atoms with Crippen LogP contribution in [-0.4, -0.2) is 23.0 Å². The van der Waals surface area contributed by atoms with E-state index in [1.807, 2.05) is 6.92 Å². The molecule has 0 fully saturated rings. The zero-order chi connectivity index (χ0) is 14.0. The fourth-order valence-corrected chi connectivity index (χ4v) is 2.04. The molecule has 2 aromatic rings. The molecule has 0 amide bonds. The highest BCUT2D eigenvalue weighted by Gasteiger charge is 2.17. The molecule has 0 bridgehead atoms. The van der Waals surface area contributed by atoms with E-state index in [1.165, 1.54) is 19.5 Å². The van der Waals surface area contributed by atoms with E-state index in [1.54, 1.807) is 12.1 Å². The maximum atomic E-state index is 11.8. The lowest BCUT2D eigenvalue weighted by Gasteiger charge is -2.10. The first-order valence-electron chi connectivity index (χ1n) is 5.39. The largest absolute Gasteiger partial charge is 0.465 e. The van der Waals surface area contributed by atoms with E-state index in [0.29, 0.717) is 26.9 Å². The molecule has 2 rings (SSSR count). The van der Waals surface area contributed by atoms with Gasteiger partial charge in [0.15, 0.2) is 0 Å². The molecule has 0 unspecified atom stereocenters. The molecule has 0 spiro atoms.